The molecule has 1 aromatic heterocycles. The summed E-state index contributed by atoms with van der Waals surface area (Å²) < 4.78 is 4.26. The lowest BCUT2D eigenvalue weighted by molar-refractivity contribution is 0.379. The van der Waals surface area contributed by atoms with Crippen LogP contribution in [0.15, 0.2) is 9.32 Å². The second-order valence-electron chi connectivity index (χ2n) is 1.82. The summed E-state index contributed by atoms with van der Waals surface area (Å²) in [5.41, 5.74) is 0. The van der Waals surface area contributed by atoms with Crippen LogP contribution in [0.3, 0.4) is 0 Å². The van der Waals surface area contributed by atoms with Crippen molar-refractivity contribution >= 4 is 0 Å². The van der Waals surface area contributed by atoms with Crippen molar-refractivity contribution in [2.24, 2.45) is 0 Å². The lowest BCUT2D eigenvalue weighted by atomic mass is 10.6. The van der Waals surface area contributed by atoms with Crippen molar-refractivity contribution in [2.75, 3.05) is 6.54 Å². The summed E-state index contributed by atoms with van der Waals surface area (Å²) in [4.78, 5) is 12.8. The molecule has 0 aromatic carbocycles. The van der Waals surface area contributed by atoms with E-state index in [1.54, 1.807) is 0 Å². The number of hydrogen-bond donors (Lipinski definition) is 2. The van der Waals surface area contributed by atoms with Crippen molar-refractivity contribution in [3.05, 3.63) is 16.4 Å². The van der Waals surface area contributed by atoms with Gasteiger partial charge >= 0.3 is 5.76 Å². The summed E-state index contributed by atoms with van der Waals surface area (Å²) >= 11 is 0. The van der Waals surface area contributed by atoms with Gasteiger partial charge in [0.15, 0.2) is 5.82 Å². The van der Waals surface area contributed by atoms with E-state index in [1.807, 2.05) is 20.8 Å². The van der Waals surface area contributed by atoms with E-state index in [0.717, 1.165) is 6.54 Å². The highest BCUT2D eigenvalue weighted by molar-refractivity contribution is 4.75. The molecular formula is C7H15N3O2. The molecule has 70 valence electrons. The standard InChI is InChI=1S/C5H9N3O2.C2H6/c1-2-6-3-4-7-5(9)10-8-4;1-2/h6H,2-3H2,1H3,(H,7,8,9);1-2H3. The van der Waals surface area contributed by atoms with E-state index in [-0.39, 0.29) is 0 Å². The maximum atomic E-state index is 10.3. The fourth-order valence-corrected chi connectivity index (χ4v) is 0.580. The number of aromatic nitrogens is 2. The summed E-state index contributed by atoms with van der Waals surface area (Å²) in [5, 5.41) is 6.43. The first-order chi connectivity index (χ1) is 5.83. The van der Waals surface area contributed by atoms with Gasteiger partial charge < -0.3 is 5.32 Å². The molecule has 0 aliphatic carbocycles. The first-order valence-corrected chi connectivity index (χ1v) is 4.08. The van der Waals surface area contributed by atoms with E-state index in [2.05, 4.69) is 20.0 Å². The molecule has 0 unspecified atom stereocenters. The van der Waals surface area contributed by atoms with Crippen LogP contribution in [-0.4, -0.2) is 16.7 Å². The smallest absolute Gasteiger partial charge is 0.310 e. The van der Waals surface area contributed by atoms with E-state index >= 15 is 0 Å². The summed E-state index contributed by atoms with van der Waals surface area (Å²) in [6.07, 6.45) is 0. The first-order valence-electron chi connectivity index (χ1n) is 4.08. The summed E-state index contributed by atoms with van der Waals surface area (Å²) in [5.74, 6) is 0.0275. The van der Waals surface area contributed by atoms with Gasteiger partial charge in [-0.1, -0.05) is 25.9 Å². The van der Waals surface area contributed by atoms with Crippen LogP contribution < -0.4 is 11.1 Å². The monoisotopic (exact) mass is 173 g/mol. The Bertz CT molecular complexity index is 241. The number of hydrogen-bond acceptors (Lipinski definition) is 4. The third kappa shape index (κ3) is 3.92. The molecule has 0 atom stereocenters. The molecule has 0 spiro atoms. The summed E-state index contributed by atoms with van der Waals surface area (Å²) in [7, 11) is 0. The minimum absolute atomic E-state index is 0.507. The average Bonchev–Trinajstić information content (AvgIpc) is 2.51. The number of nitrogens with one attached hydrogen (secondary N) is 2. The second kappa shape index (κ2) is 6.60. The van der Waals surface area contributed by atoms with Crippen molar-refractivity contribution in [1.82, 2.24) is 15.5 Å². The summed E-state index contributed by atoms with van der Waals surface area (Å²) in [6, 6.07) is 0. The maximum absolute atomic E-state index is 10.3. The van der Waals surface area contributed by atoms with E-state index in [4.69, 9.17) is 0 Å². The Hall–Kier alpha value is -1.10. The SMILES string of the molecule is CC.CCNCc1noc(=O)[nH]1. The number of aromatic amines is 1. The Kier molecular flexibility index (Phi) is 6.00. The second-order valence-corrected chi connectivity index (χ2v) is 1.82. The number of H-pyrrole nitrogens is 1. The highest BCUT2D eigenvalue weighted by Crippen LogP contribution is 1.80. The minimum atomic E-state index is -0.507. The molecule has 0 aliphatic rings. The maximum Gasteiger partial charge on any atom is 0.438 e. The van der Waals surface area contributed by atoms with Gasteiger partial charge in [0.1, 0.15) is 0 Å². The van der Waals surface area contributed by atoms with Crippen LogP contribution in [0.2, 0.25) is 0 Å². The van der Waals surface area contributed by atoms with E-state index < -0.39 is 5.76 Å². The van der Waals surface area contributed by atoms with Crippen LogP contribution in [0.5, 0.6) is 0 Å². The molecular weight excluding hydrogens is 158 g/mol. The zero-order valence-corrected chi connectivity index (χ0v) is 7.68. The molecule has 0 aliphatic heterocycles. The van der Waals surface area contributed by atoms with Crippen molar-refractivity contribution < 1.29 is 4.52 Å². The predicted octanol–water partition coefficient (Wildman–Crippen LogP) is 0.499. The van der Waals surface area contributed by atoms with Gasteiger partial charge in [0, 0.05) is 0 Å². The van der Waals surface area contributed by atoms with Crippen LogP contribution in [0.25, 0.3) is 0 Å². The highest BCUT2D eigenvalue weighted by atomic mass is 16.5. The first kappa shape index (κ1) is 10.9. The lowest BCUT2D eigenvalue weighted by Crippen LogP contribution is -2.13. The van der Waals surface area contributed by atoms with Crippen molar-refractivity contribution in [1.29, 1.82) is 0 Å². The summed E-state index contributed by atoms with van der Waals surface area (Å²) in [6.45, 7) is 7.36. The minimum Gasteiger partial charge on any atom is -0.310 e. The van der Waals surface area contributed by atoms with Crippen LogP contribution in [0, 0.1) is 0 Å². The fourth-order valence-electron chi connectivity index (χ4n) is 0.580. The Morgan fingerprint density at radius 3 is 2.67 bits per heavy atom. The lowest BCUT2D eigenvalue weighted by Gasteiger charge is -1.92. The molecule has 0 bridgehead atoms. The molecule has 12 heavy (non-hydrogen) atoms. The Morgan fingerprint density at radius 1 is 1.58 bits per heavy atom. The molecule has 0 radical (unpaired) electrons. The molecule has 0 amide bonds. The van der Waals surface area contributed by atoms with Crippen molar-refractivity contribution in [3.8, 4) is 0 Å². The third-order valence-electron chi connectivity index (χ3n) is 1.03. The van der Waals surface area contributed by atoms with Crippen LogP contribution in [0.1, 0.15) is 26.6 Å². The quantitative estimate of drug-likeness (QED) is 0.698. The molecule has 5 nitrogen and oxygen atoms in total. The zero-order valence-electron chi connectivity index (χ0n) is 7.68. The predicted molar refractivity (Wildman–Crippen MR) is 45.9 cm³/mol. The van der Waals surface area contributed by atoms with Crippen LogP contribution in [-0.2, 0) is 6.54 Å². The molecule has 1 rings (SSSR count). The molecule has 5 heteroatoms. The fraction of sp³-hybridized carbons (Fsp3) is 0.714. The normalized spacial score (nSPS) is 8.92. The largest absolute Gasteiger partial charge is 0.438 e. The van der Waals surface area contributed by atoms with E-state index in [1.165, 1.54) is 0 Å². The number of rotatable bonds is 3. The van der Waals surface area contributed by atoms with Gasteiger partial charge in [-0.05, 0) is 6.54 Å². The average molecular weight is 173 g/mol. The Balaban J connectivity index is 0.000000561. The van der Waals surface area contributed by atoms with Crippen molar-refractivity contribution in [3.63, 3.8) is 0 Å². The van der Waals surface area contributed by atoms with Gasteiger partial charge in [0.05, 0.1) is 6.54 Å². The molecule has 1 aromatic rings. The molecule has 1 heterocycles. The van der Waals surface area contributed by atoms with Crippen LogP contribution in [0.4, 0.5) is 0 Å². The van der Waals surface area contributed by atoms with Gasteiger partial charge in [-0.2, -0.15) is 0 Å². The third-order valence-corrected chi connectivity index (χ3v) is 1.03. The van der Waals surface area contributed by atoms with Gasteiger partial charge in [0.2, 0.25) is 0 Å². The molecule has 0 fully saturated rings. The highest BCUT2D eigenvalue weighted by Gasteiger charge is 1.96. The van der Waals surface area contributed by atoms with Crippen LogP contribution >= 0.6 is 0 Å². The molecule has 0 saturated carbocycles. The van der Waals surface area contributed by atoms with Gasteiger partial charge in [-0.15, -0.1) is 0 Å². The van der Waals surface area contributed by atoms with Crippen molar-refractivity contribution in [2.45, 2.75) is 27.3 Å². The van der Waals surface area contributed by atoms with Gasteiger partial charge in [-0.3, -0.25) is 9.51 Å². The van der Waals surface area contributed by atoms with E-state index in [0.29, 0.717) is 12.4 Å². The molecule has 0 saturated heterocycles. The topological polar surface area (TPSA) is 70.9 Å². The van der Waals surface area contributed by atoms with Gasteiger partial charge in [0.25, 0.3) is 0 Å². The molecule has 2 N–H and O–H groups in total. The Morgan fingerprint density at radius 2 is 2.25 bits per heavy atom. The Labute approximate surface area is 71.2 Å². The van der Waals surface area contributed by atoms with Gasteiger partial charge in [-0.25, -0.2) is 4.79 Å². The van der Waals surface area contributed by atoms with E-state index in [9.17, 15) is 4.79 Å². The number of nitrogens with zero attached hydrogens (tertiary/aromatic N) is 1. The zero-order chi connectivity index (χ0) is 9.40.